The minimum absolute atomic E-state index is 0.670. The van der Waals surface area contributed by atoms with Crippen molar-refractivity contribution in [1.29, 1.82) is 0 Å². The molecule has 206 valence electrons. The highest BCUT2D eigenvalue weighted by atomic mass is 16.3. The first-order valence-electron chi connectivity index (χ1n) is 14.8. The first-order chi connectivity index (χ1) is 21.8. The van der Waals surface area contributed by atoms with Crippen molar-refractivity contribution in [2.75, 3.05) is 0 Å². The second kappa shape index (κ2) is 9.79. The number of hydrogen-bond donors (Lipinski definition) is 0. The molecule has 9 aromatic rings. The molecule has 0 radical (unpaired) electrons. The molecule has 0 unspecified atom stereocenters. The van der Waals surface area contributed by atoms with Gasteiger partial charge in [-0.1, -0.05) is 97.1 Å². The standard InChI is InChI=1S/C40H25N3O/c1-2-11-26(12-3-1)34-25-35(33-17-10-16-32-31-15-6-9-20-38(31)44-39(32)33)42-40(41-34)27-21-23-28(24-22-27)43-36-18-7-4-13-29(36)30-14-5-8-19-37(30)43/h1-25H. The van der Waals surface area contributed by atoms with E-state index in [0.717, 1.165) is 55.7 Å². The normalized spacial score (nSPS) is 11.6. The third-order valence-corrected chi connectivity index (χ3v) is 8.44. The van der Waals surface area contributed by atoms with Gasteiger partial charge in [0.25, 0.3) is 0 Å². The molecule has 0 N–H and O–H groups in total. The van der Waals surface area contributed by atoms with E-state index in [-0.39, 0.29) is 0 Å². The van der Waals surface area contributed by atoms with Crippen LogP contribution in [0.5, 0.6) is 0 Å². The summed E-state index contributed by atoms with van der Waals surface area (Å²) >= 11 is 0. The van der Waals surface area contributed by atoms with Gasteiger partial charge in [0.2, 0.25) is 0 Å². The average molecular weight is 564 g/mol. The summed E-state index contributed by atoms with van der Waals surface area (Å²) in [5, 5.41) is 4.67. The predicted octanol–water partition coefficient (Wildman–Crippen LogP) is 10.5. The first-order valence-corrected chi connectivity index (χ1v) is 14.8. The monoisotopic (exact) mass is 563 g/mol. The van der Waals surface area contributed by atoms with Crippen LogP contribution in [-0.4, -0.2) is 14.5 Å². The van der Waals surface area contributed by atoms with Gasteiger partial charge in [0.1, 0.15) is 11.2 Å². The van der Waals surface area contributed by atoms with Crippen molar-refractivity contribution < 1.29 is 4.42 Å². The van der Waals surface area contributed by atoms with Crippen molar-refractivity contribution in [3.8, 4) is 39.6 Å². The predicted molar refractivity (Wildman–Crippen MR) is 180 cm³/mol. The van der Waals surface area contributed by atoms with Crippen molar-refractivity contribution in [2.24, 2.45) is 0 Å². The molecule has 0 aliphatic heterocycles. The van der Waals surface area contributed by atoms with E-state index in [9.17, 15) is 0 Å². The van der Waals surface area contributed by atoms with Crippen LogP contribution < -0.4 is 0 Å². The maximum absolute atomic E-state index is 6.39. The number of benzene rings is 6. The zero-order valence-corrected chi connectivity index (χ0v) is 23.7. The van der Waals surface area contributed by atoms with Gasteiger partial charge in [0, 0.05) is 43.9 Å². The van der Waals surface area contributed by atoms with Crippen LogP contribution in [0.15, 0.2) is 156 Å². The highest BCUT2D eigenvalue weighted by molar-refractivity contribution is 6.10. The molecule has 0 fully saturated rings. The number of para-hydroxylation sites is 4. The van der Waals surface area contributed by atoms with Gasteiger partial charge in [-0.05, 0) is 54.6 Å². The van der Waals surface area contributed by atoms with Crippen molar-refractivity contribution in [3.63, 3.8) is 0 Å². The van der Waals surface area contributed by atoms with Crippen LogP contribution in [0.3, 0.4) is 0 Å². The summed E-state index contributed by atoms with van der Waals surface area (Å²) in [4.78, 5) is 10.2. The number of rotatable bonds is 4. The van der Waals surface area contributed by atoms with Gasteiger partial charge in [-0.25, -0.2) is 9.97 Å². The lowest BCUT2D eigenvalue weighted by Crippen LogP contribution is -1.97. The summed E-state index contributed by atoms with van der Waals surface area (Å²) in [7, 11) is 0. The van der Waals surface area contributed by atoms with Gasteiger partial charge in [-0.3, -0.25) is 0 Å². The molecule has 0 bridgehead atoms. The van der Waals surface area contributed by atoms with E-state index in [1.165, 1.54) is 21.8 Å². The topological polar surface area (TPSA) is 43.9 Å². The highest BCUT2D eigenvalue weighted by Gasteiger charge is 2.17. The van der Waals surface area contributed by atoms with E-state index in [0.29, 0.717) is 5.82 Å². The molecular weight excluding hydrogens is 538 g/mol. The number of hydrogen-bond acceptors (Lipinski definition) is 3. The average Bonchev–Trinajstić information content (AvgIpc) is 3.65. The van der Waals surface area contributed by atoms with E-state index >= 15 is 0 Å². The van der Waals surface area contributed by atoms with Gasteiger partial charge in [-0.2, -0.15) is 0 Å². The lowest BCUT2D eigenvalue weighted by atomic mass is 10.0. The Kier molecular flexibility index (Phi) is 5.47. The molecule has 4 heteroatoms. The molecule has 0 saturated carbocycles. The Morgan fingerprint density at radius 3 is 1.82 bits per heavy atom. The van der Waals surface area contributed by atoms with Crippen molar-refractivity contribution in [2.45, 2.75) is 0 Å². The van der Waals surface area contributed by atoms with Crippen molar-refractivity contribution in [1.82, 2.24) is 14.5 Å². The number of nitrogens with zero attached hydrogens (tertiary/aromatic N) is 3. The van der Waals surface area contributed by atoms with Crippen LogP contribution in [0.1, 0.15) is 0 Å². The Morgan fingerprint density at radius 2 is 1.07 bits per heavy atom. The zero-order chi connectivity index (χ0) is 29.0. The number of aromatic nitrogens is 3. The fourth-order valence-electron chi connectivity index (χ4n) is 6.38. The maximum atomic E-state index is 6.39. The van der Waals surface area contributed by atoms with Crippen molar-refractivity contribution in [3.05, 3.63) is 152 Å². The molecule has 0 saturated heterocycles. The molecule has 9 rings (SSSR count). The summed E-state index contributed by atoms with van der Waals surface area (Å²) in [6.45, 7) is 0. The fourth-order valence-corrected chi connectivity index (χ4v) is 6.38. The van der Waals surface area contributed by atoms with Gasteiger partial charge < -0.3 is 8.98 Å². The smallest absolute Gasteiger partial charge is 0.160 e. The molecule has 3 aromatic heterocycles. The van der Waals surface area contributed by atoms with Crippen LogP contribution >= 0.6 is 0 Å². The lowest BCUT2D eigenvalue weighted by molar-refractivity contribution is 0.670. The van der Waals surface area contributed by atoms with Crippen LogP contribution in [-0.2, 0) is 0 Å². The van der Waals surface area contributed by atoms with Crippen LogP contribution in [0.4, 0.5) is 0 Å². The van der Waals surface area contributed by atoms with E-state index in [1.807, 2.05) is 36.4 Å². The summed E-state index contributed by atoms with van der Waals surface area (Å²) in [6.07, 6.45) is 0. The molecular formula is C40H25N3O. The summed E-state index contributed by atoms with van der Waals surface area (Å²) in [5.74, 6) is 0.670. The fraction of sp³-hybridized carbons (Fsp3) is 0. The first kappa shape index (κ1) is 24.6. The van der Waals surface area contributed by atoms with E-state index < -0.39 is 0 Å². The Hall–Kier alpha value is -6.00. The molecule has 0 atom stereocenters. The molecule has 6 aromatic carbocycles. The van der Waals surface area contributed by atoms with E-state index in [1.54, 1.807) is 0 Å². The molecule has 0 aliphatic carbocycles. The Bertz CT molecular complexity index is 2430. The SMILES string of the molecule is c1ccc(-c2cc(-c3cccc4c3oc3ccccc34)nc(-c3ccc(-n4c5ccccc5c5ccccc54)cc3)n2)cc1. The largest absolute Gasteiger partial charge is 0.455 e. The molecule has 0 aliphatic rings. The second-order valence-electron chi connectivity index (χ2n) is 11.0. The van der Waals surface area contributed by atoms with Crippen LogP contribution in [0.25, 0.3) is 83.3 Å². The van der Waals surface area contributed by atoms with Gasteiger partial charge in [-0.15, -0.1) is 0 Å². The molecule has 3 heterocycles. The van der Waals surface area contributed by atoms with Gasteiger partial charge in [0.15, 0.2) is 5.82 Å². The van der Waals surface area contributed by atoms with Gasteiger partial charge in [0.05, 0.1) is 22.4 Å². The van der Waals surface area contributed by atoms with Crippen LogP contribution in [0, 0.1) is 0 Å². The minimum atomic E-state index is 0.670. The molecule has 0 amide bonds. The Morgan fingerprint density at radius 1 is 0.455 bits per heavy atom. The summed E-state index contributed by atoms with van der Waals surface area (Å²) in [6, 6.07) is 52.5. The second-order valence-corrected chi connectivity index (χ2v) is 11.0. The highest BCUT2D eigenvalue weighted by Crippen LogP contribution is 2.37. The summed E-state index contributed by atoms with van der Waals surface area (Å²) < 4.78 is 8.72. The third kappa shape index (κ3) is 3.85. The van der Waals surface area contributed by atoms with E-state index in [4.69, 9.17) is 14.4 Å². The van der Waals surface area contributed by atoms with E-state index in [2.05, 4.69) is 120 Å². The van der Waals surface area contributed by atoms with Crippen LogP contribution in [0.2, 0.25) is 0 Å². The Balaban J connectivity index is 1.22. The summed E-state index contributed by atoms with van der Waals surface area (Å²) in [5.41, 5.74) is 9.79. The number of fused-ring (bicyclic) bond motifs is 6. The quantitative estimate of drug-likeness (QED) is 0.214. The molecule has 44 heavy (non-hydrogen) atoms. The molecule has 4 nitrogen and oxygen atoms in total. The maximum Gasteiger partial charge on any atom is 0.160 e. The lowest BCUT2D eigenvalue weighted by Gasteiger charge is -2.11. The number of furan rings is 1. The minimum Gasteiger partial charge on any atom is -0.455 e. The Labute approximate surface area is 253 Å². The van der Waals surface area contributed by atoms with Gasteiger partial charge >= 0.3 is 0 Å². The molecule has 0 spiro atoms. The zero-order valence-electron chi connectivity index (χ0n) is 23.7. The third-order valence-electron chi connectivity index (χ3n) is 8.44. The van der Waals surface area contributed by atoms with Crippen molar-refractivity contribution >= 4 is 43.7 Å².